The first kappa shape index (κ1) is 35.5. The Morgan fingerprint density at radius 3 is 1.07 bits per heavy atom. The number of aromatic nitrogens is 6. The van der Waals surface area contributed by atoms with E-state index in [2.05, 4.69) is 62.4 Å². The molecule has 0 amide bonds. The highest BCUT2D eigenvalue weighted by molar-refractivity contribution is 5.86. The predicted molar refractivity (Wildman–Crippen MR) is 234 cm³/mol. The summed E-state index contributed by atoms with van der Waals surface area (Å²) in [6, 6.07) is 61.3. The van der Waals surface area contributed by atoms with Crippen molar-refractivity contribution < 1.29 is 0 Å². The fraction of sp³-hybridized carbons (Fsp3) is 0.0577. The van der Waals surface area contributed by atoms with E-state index in [0.29, 0.717) is 40.5 Å². The molecular formula is C52H35N7. The van der Waals surface area contributed by atoms with Gasteiger partial charge in [-0.2, -0.15) is 5.26 Å². The molecule has 278 valence electrons. The number of nitrogens with zero attached hydrogens (tertiary/aromatic N) is 7. The zero-order valence-electron chi connectivity index (χ0n) is 32.4. The van der Waals surface area contributed by atoms with Crippen LogP contribution in [0.4, 0.5) is 0 Å². The minimum absolute atomic E-state index is 0.319. The van der Waals surface area contributed by atoms with Gasteiger partial charge in [-0.25, -0.2) is 29.9 Å². The molecule has 0 N–H and O–H groups in total. The van der Waals surface area contributed by atoms with Crippen molar-refractivity contribution in [3.8, 4) is 96.7 Å². The number of nitriles is 1. The number of fused-ring (bicyclic) bond motifs is 3. The SMILES string of the molecule is CC1(C)c2cc(C#N)ccc2-c2ccc(-c3cc(-c4nc(-c5ccccc5)nc(-c5ccccc5)n4)cc(-c4nc(-c5ccccc5)nc(-c5ccccc5)n4)c3)cc21. The third kappa shape index (κ3) is 6.63. The average molecular weight is 758 g/mol. The number of hydrogen-bond donors (Lipinski definition) is 0. The number of rotatable bonds is 7. The van der Waals surface area contributed by atoms with Crippen LogP contribution in [0.2, 0.25) is 0 Å². The van der Waals surface area contributed by atoms with E-state index in [1.807, 2.05) is 133 Å². The standard InChI is InChI=1S/C52H35N7/c1-52(2)44-27-33(32-53)23-25-42(44)43-26-24-38(31-45(43)52)39-28-40(50-56-46(34-15-7-3-8-16-34)54-47(57-50)35-17-9-4-10-18-35)30-41(29-39)51-58-48(36-19-11-5-12-20-36)55-49(59-51)37-21-13-6-14-22-37/h3-31H,1-2H3. The molecule has 0 atom stereocenters. The molecule has 0 fully saturated rings. The first-order chi connectivity index (χ1) is 28.9. The van der Waals surface area contributed by atoms with E-state index in [9.17, 15) is 5.26 Å². The minimum Gasteiger partial charge on any atom is -0.208 e. The molecule has 59 heavy (non-hydrogen) atoms. The molecule has 10 rings (SSSR count). The van der Waals surface area contributed by atoms with Crippen molar-refractivity contribution in [1.29, 1.82) is 5.26 Å². The van der Waals surface area contributed by atoms with Crippen LogP contribution >= 0.6 is 0 Å². The van der Waals surface area contributed by atoms with Crippen molar-refractivity contribution in [2.45, 2.75) is 19.3 Å². The summed E-state index contributed by atoms with van der Waals surface area (Å²) in [7, 11) is 0. The van der Waals surface area contributed by atoms with Crippen LogP contribution in [0.1, 0.15) is 30.5 Å². The predicted octanol–water partition coefficient (Wildman–Crippen LogP) is 11.9. The van der Waals surface area contributed by atoms with Crippen molar-refractivity contribution in [2.75, 3.05) is 0 Å². The van der Waals surface area contributed by atoms with E-state index in [1.165, 1.54) is 11.1 Å². The van der Waals surface area contributed by atoms with Crippen LogP contribution < -0.4 is 0 Å². The Hall–Kier alpha value is -7.95. The minimum atomic E-state index is -0.319. The van der Waals surface area contributed by atoms with Crippen molar-refractivity contribution >= 4 is 0 Å². The lowest BCUT2D eigenvalue weighted by Crippen LogP contribution is -2.15. The molecule has 0 radical (unpaired) electrons. The maximum atomic E-state index is 9.74. The highest BCUT2D eigenvalue weighted by atomic mass is 15.0. The van der Waals surface area contributed by atoms with Gasteiger partial charge in [-0.05, 0) is 69.8 Å². The summed E-state index contributed by atoms with van der Waals surface area (Å²) < 4.78 is 0. The smallest absolute Gasteiger partial charge is 0.164 e. The van der Waals surface area contributed by atoms with Crippen LogP contribution in [0.3, 0.4) is 0 Å². The van der Waals surface area contributed by atoms with Gasteiger partial charge in [0, 0.05) is 38.8 Å². The monoisotopic (exact) mass is 757 g/mol. The van der Waals surface area contributed by atoms with Gasteiger partial charge in [0.15, 0.2) is 34.9 Å². The summed E-state index contributed by atoms with van der Waals surface area (Å²) in [5, 5.41) is 9.74. The Labute approximate surface area is 342 Å². The van der Waals surface area contributed by atoms with Crippen molar-refractivity contribution in [1.82, 2.24) is 29.9 Å². The molecule has 0 saturated heterocycles. The zero-order valence-corrected chi connectivity index (χ0v) is 32.4. The maximum absolute atomic E-state index is 9.74. The zero-order chi connectivity index (χ0) is 39.9. The van der Waals surface area contributed by atoms with Gasteiger partial charge in [-0.1, -0.05) is 153 Å². The number of benzene rings is 7. The van der Waals surface area contributed by atoms with Gasteiger partial charge >= 0.3 is 0 Å². The molecule has 0 unspecified atom stereocenters. The Morgan fingerprint density at radius 2 is 0.678 bits per heavy atom. The molecule has 7 aromatic carbocycles. The maximum Gasteiger partial charge on any atom is 0.164 e. The topological polar surface area (TPSA) is 101 Å². The first-order valence-corrected chi connectivity index (χ1v) is 19.5. The molecule has 0 bridgehead atoms. The summed E-state index contributed by atoms with van der Waals surface area (Å²) >= 11 is 0. The Bertz CT molecular complexity index is 2810. The molecule has 0 aliphatic heterocycles. The lowest BCUT2D eigenvalue weighted by atomic mass is 9.81. The van der Waals surface area contributed by atoms with Crippen molar-refractivity contribution in [3.05, 3.63) is 193 Å². The molecule has 1 aliphatic carbocycles. The van der Waals surface area contributed by atoms with E-state index in [1.54, 1.807) is 0 Å². The summed E-state index contributed by atoms with van der Waals surface area (Å²) in [5.74, 6) is 3.36. The van der Waals surface area contributed by atoms with Crippen LogP contribution in [0.25, 0.3) is 90.6 Å². The van der Waals surface area contributed by atoms with Crippen molar-refractivity contribution in [3.63, 3.8) is 0 Å². The third-order valence-corrected chi connectivity index (χ3v) is 11.0. The Kier molecular flexibility index (Phi) is 8.73. The summed E-state index contributed by atoms with van der Waals surface area (Å²) in [5.41, 5.74) is 12.1. The molecular weight excluding hydrogens is 723 g/mol. The molecule has 1 aliphatic rings. The van der Waals surface area contributed by atoms with Crippen LogP contribution in [0, 0.1) is 11.3 Å². The average Bonchev–Trinajstić information content (AvgIpc) is 3.54. The van der Waals surface area contributed by atoms with Gasteiger partial charge in [0.2, 0.25) is 0 Å². The van der Waals surface area contributed by atoms with Crippen molar-refractivity contribution in [2.24, 2.45) is 0 Å². The summed E-state index contributed by atoms with van der Waals surface area (Å²) in [4.78, 5) is 30.4. The second-order valence-electron chi connectivity index (χ2n) is 15.1. The molecule has 7 heteroatoms. The second-order valence-corrected chi connectivity index (χ2v) is 15.1. The third-order valence-electron chi connectivity index (χ3n) is 11.0. The molecule has 9 aromatic rings. The van der Waals surface area contributed by atoms with Gasteiger partial charge in [0.25, 0.3) is 0 Å². The molecule has 2 heterocycles. The van der Waals surface area contributed by atoms with E-state index in [4.69, 9.17) is 29.9 Å². The first-order valence-electron chi connectivity index (χ1n) is 19.5. The molecule has 7 nitrogen and oxygen atoms in total. The van der Waals surface area contributed by atoms with Gasteiger partial charge < -0.3 is 0 Å². The molecule has 2 aromatic heterocycles. The van der Waals surface area contributed by atoms with Gasteiger partial charge in [0.05, 0.1) is 11.6 Å². The van der Waals surface area contributed by atoms with Crippen LogP contribution in [-0.4, -0.2) is 29.9 Å². The van der Waals surface area contributed by atoms with Crippen LogP contribution in [-0.2, 0) is 5.41 Å². The molecule has 0 spiro atoms. The lowest BCUT2D eigenvalue weighted by Gasteiger charge is -2.22. The van der Waals surface area contributed by atoms with Gasteiger partial charge in [0.1, 0.15) is 0 Å². The summed E-state index contributed by atoms with van der Waals surface area (Å²) in [6.07, 6.45) is 0. The Morgan fingerprint density at radius 1 is 0.339 bits per heavy atom. The quantitative estimate of drug-likeness (QED) is 0.159. The fourth-order valence-electron chi connectivity index (χ4n) is 7.91. The highest BCUT2D eigenvalue weighted by Gasteiger charge is 2.36. The van der Waals surface area contributed by atoms with Gasteiger partial charge in [-0.3, -0.25) is 0 Å². The van der Waals surface area contributed by atoms with Crippen LogP contribution in [0.15, 0.2) is 176 Å². The van der Waals surface area contributed by atoms with Gasteiger partial charge in [-0.15, -0.1) is 0 Å². The van der Waals surface area contributed by atoms with E-state index < -0.39 is 0 Å². The lowest BCUT2D eigenvalue weighted by molar-refractivity contribution is 0.660. The fourth-order valence-corrected chi connectivity index (χ4v) is 7.91. The largest absolute Gasteiger partial charge is 0.208 e. The Balaban J connectivity index is 1.21. The normalized spacial score (nSPS) is 12.4. The highest BCUT2D eigenvalue weighted by Crippen LogP contribution is 2.50. The van der Waals surface area contributed by atoms with E-state index in [0.717, 1.165) is 55.6 Å². The van der Waals surface area contributed by atoms with Crippen LogP contribution in [0.5, 0.6) is 0 Å². The summed E-state index contributed by atoms with van der Waals surface area (Å²) in [6.45, 7) is 4.46. The molecule has 0 saturated carbocycles. The van der Waals surface area contributed by atoms with E-state index in [-0.39, 0.29) is 5.41 Å². The number of hydrogen-bond acceptors (Lipinski definition) is 7. The van der Waals surface area contributed by atoms with E-state index >= 15 is 0 Å². The second kappa shape index (κ2) is 14.5.